The van der Waals surface area contributed by atoms with Gasteiger partial charge in [0.05, 0.1) is 17.1 Å². The Labute approximate surface area is 500 Å². The van der Waals surface area contributed by atoms with Gasteiger partial charge in [-0.25, -0.2) is 18.2 Å². The van der Waals surface area contributed by atoms with E-state index in [0.29, 0.717) is 42.1 Å². The molecule has 14 heteroatoms. The minimum atomic E-state index is -4.79. The van der Waals surface area contributed by atoms with Crippen LogP contribution in [0.15, 0.2) is 242 Å². The van der Waals surface area contributed by atoms with Crippen LogP contribution < -0.4 is 11.1 Å². The van der Waals surface area contributed by atoms with Crippen molar-refractivity contribution in [2.24, 2.45) is 10.7 Å². The quantitative estimate of drug-likeness (QED) is 0.0229. The molecule has 0 bridgehead atoms. The molecule has 86 heavy (non-hydrogen) atoms. The number of alkyl halides is 3. The van der Waals surface area contributed by atoms with Crippen molar-refractivity contribution in [2.75, 3.05) is 38.3 Å². The first-order valence-electron chi connectivity index (χ1n) is 28.4. The summed E-state index contributed by atoms with van der Waals surface area (Å²) in [6.07, 6.45) is -5.68. The number of rotatable bonds is 22. The Bertz CT molecular complexity index is 3310. The number of nitrogens with two attached hydrogens (primary N) is 1. The van der Waals surface area contributed by atoms with Crippen LogP contribution in [0, 0.1) is 29.3 Å². The number of hydrogen-bond donors (Lipinski definition) is 2. The summed E-state index contributed by atoms with van der Waals surface area (Å²) in [7, 11) is 0. The Morgan fingerprint density at radius 2 is 0.884 bits per heavy atom. The number of halogens is 6. The fourth-order valence-corrected chi connectivity index (χ4v) is 9.67. The Balaban J connectivity index is 0.000000215. The molecule has 8 nitrogen and oxygen atoms in total. The third-order valence-electron chi connectivity index (χ3n) is 13.6. The third-order valence-corrected chi connectivity index (χ3v) is 13.6. The van der Waals surface area contributed by atoms with Gasteiger partial charge in [0.25, 0.3) is 0 Å². The van der Waals surface area contributed by atoms with Gasteiger partial charge in [-0.3, -0.25) is 4.99 Å². The van der Waals surface area contributed by atoms with E-state index in [9.17, 15) is 22.0 Å². The van der Waals surface area contributed by atoms with Gasteiger partial charge in [-0.1, -0.05) is 206 Å². The molecule has 0 saturated heterocycles. The lowest BCUT2D eigenvalue weighted by atomic mass is 9.76. The number of pyridine rings is 1. The maximum atomic E-state index is 16.6. The van der Waals surface area contributed by atoms with E-state index in [2.05, 4.69) is 27.1 Å². The molecule has 0 saturated carbocycles. The first-order chi connectivity index (χ1) is 41.8. The lowest BCUT2D eigenvalue weighted by Crippen LogP contribution is -2.38. The second-order valence-corrected chi connectivity index (χ2v) is 19.3. The molecule has 0 spiro atoms. The third kappa shape index (κ3) is 17.2. The van der Waals surface area contributed by atoms with Crippen molar-refractivity contribution >= 4 is 11.4 Å². The van der Waals surface area contributed by atoms with Gasteiger partial charge in [-0.05, 0) is 127 Å². The zero-order chi connectivity index (χ0) is 61.2. The molecular weight excluding hydrogens is 1100 g/mol. The molecule has 0 amide bonds. The van der Waals surface area contributed by atoms with Crippen LogP contribution >= 0.6 is 0 Å². The van der Waals surface area contributed by atoms with Gasteiger partial charge in [-0.2, -0.15) is 13.2 Å². The van der Waals surface area contributed by atoms with Gasteiger partial charge in [0, 0.05) is 32.8 Å². The maximum absolute atomic E-state index is 16.6. The van der Waals surface area contributed by atoms with Crippen molar-refractivity contribution in [2.45, 2.75) is 70.4 Å². The minimum absolute atomic E-state index is 0.161. The second kappa shape index (κ2) is 32.6. The number of nitrogens with zero attached hydrogens (tertiary/aromatic N) is 2. The van der Waals surface area contributed by atoms with E-state index in [1.165, 1.54) is 24.3 Å². The first kappa shape index (κ1) is 64.9. The number of nitrogens with one attached hydrogen (secondary N) is 1. The van der Waals surface area contributed by atoms with Gasteiger partial charge in [0.15, 0.2) is 11.5 Å². The Morgan fingerprint density at radius 3 is 1.24 bits per heavy atom. The number of aromatic nitrogens is 1. The highest BCUT2D eigenvalue weighted by Gasteiger charge is 2.43. The molecule has 0 unspecified atom stereocenters. The molecule has 3 N–H and O–H groups in total. The van der Waals surface area contributed by atoms with Gasteiger partial charge >= 0.3 is 6.18 Å². The predicted molar refractivity (Wildman–Crippen MR) is 329 cm³/mol. The molecule has 8 aromatic carbocycles. The minimum Gasteiger partial charge on any atom is -0.365 e. The predicted octanol–water partition coefficient (Wildman–Crippen LogP) is 16.1. The number of ether oxygens (including phenoxy) is 4. The van der Waals surface area contributed by atoms with Gasteiger partial charge < -0.3 is 30.0 Å². The molecule has 0 fully saturated rings. The highest BCUT2D eigenvalue weighted by molar-refractivity contribution is 6.05. The number of hydrogen-bond acceptors (Lipinski definition) is 8. The zero-order valence-corrected chi connectivity index (χ0v) is 48.5. The van der Waals surface area contributed by atoms with E-state index in [-0.39, 0.29) is 42.7 Å². The van der Waals surface area contributed by atoms with Crippen molar-refractivity contribution in [1.82, 2.24) is 4.98 Å². The summed E-state index contributed by atoms with van der Waals surface area (Å²) in [6.45, 7) is 9.09. The van der Waals surface area contributed by atoms with E-state index in [4.69, 9.17) is 24.7 Å². The highest BCUT2D eigenvalue weighted by Crippen LogP contribution is 2.43. The molecule has 0 atom stereocenters. The van der Waals surface area contributed by atoms with Crippen LogP contribution in [-0.2, 0) is 42.9 Å². The van der Waals surface area contributed by atoms with Crippen molar-refractivity contribution in [3.8, 4) is 11.8 Å². The summed E-state index contributed by atoms with van der Waals surface area (Å²) < 4.78 is 108. The number of benzene rings is 8. The average molecular weight is 1170 g/mol. The summed E-state index contributed by atoms with van der Waals surface area (Å²) in [5.74, 6) is 3.63. The summed E-state index contributed by atoms with van der Waals surface area (Å²) in [4.78, 5) is 9.07. The van der Waals surface area contributed by atoms with Crippen LogP contribution in [0.1, 0.15) is 89.9 Å². The summed E-state index contributed by atoms with van der Waals surface area (Å²) in [5, 5.41) is 3.64. The van der Waals surface area contributed by atoms with Crippen LogP contribution in [0.2, 0.25) is 0 Å². The molecule has 1 aromatic heterocycles. The molecule has 9 rings (SSSR count). The fraction of sp³-hybridized carbons (Fsp3) is 0.222. The van der Waals surface area contributed by atoms with E-state index in [0.717, 1.165) is 34.2 Å². The summed E-state index contributed by atoms with van der Waals surface area (Å²) in [5.41, 5.74) is 8.94. The van der Waals surface area contributed by atoms with Crippen molar-refractivity contribution in [3.63, 3.8) is 0 Å². The Hall–Kier alpha value is -8.68. The average Bonchev–Trinajstić information content (AvgIpc) is 0.954. The lowest BCUT2D eigenvalue weighted by Gasteiger charge is -2.38. The standard InChI is InChI=1S/C36H34F2N2O2.C28H26F3NO2.C8H10FN/c1-3-41-35(42-4-2)33-25-32(34(38)31(39-33)24-26-20-22-30(37)23-21-26)40-36(27-14-8-5-9-15-27,28-16-10-6-11-17-28)29-18-12-7-13-19-29;1-3-33-26(34-4-2)21-20-25(28(29,30)31)32-27(22-14-8-5-9-15-22,23-16-10-6-11-17-23)24-18-12-7-13-19-24;9-8-3-1-7(2-4-8)5-6-10/h5-23,25,35H,3-4,24H2,1-2H3,(H,39,40);5-19,26H,3-4H2,1-2H3;1-4H,5-6,10H2. The molecule has 444 valence electrons. The molecule has 0 aliphatic heterocycles. The SMILES string of the molecule is CCOC(C#CC(=NC(c1ccccc1)(c1ccccc1)c1ccccc1)C(F)(F)F)OCC.CCOC(OCC)c1cc(NC(c2ccccc2)(c2ccccc2)c2ccccc2)c(F)c(Cc2ccc(F)cc2)n1.NCCc1ccc(F)cc1. The van der Waals surface area contributed by atoms with Gasteiger partial charge in [0.1, 0.15) is 22.7 Å². The first-order valence-corrected chi connectivity index (χ1v) is 28.4. The fourth-order valence-electron chi connectivity index (χ4n) is 9.67. The lowest BCUT2D eigenvalue weighted by molar-refractivity contribution is -0.142. The molecular formula is C72H70F6N4O4. The Morgan fingerprint density at radius 1 is 0.512 bits per heavy atom. The van der Waals surface area contributed by atoms with E-state index in [1.54, 1.807) is 117 Å². The van der Waals surface area contributed by atoms with E-state index >= 15 is 4.39 Å². The van der Waals surface area contributed by atoms with Crippen molar-refractivity contribution in [3.05, 3.63) is 310 Å². The zero-order valence-electron chi connectivity index (χ0n) is 48.5. The highest BCUT2D eigenvalue weighted by atomic mass is 19.4. The number of anilines is 1. The van der Waals surface area contributed by atoms with Crippen molar-refractivity contribution < 1.29 is 45.3 Å². The summed E-state index contributed by atoms with van der Waals surface area (Å²) >= 11 is 0. The smallest absolute Gasteiger partial charge is 0.365 e. The second-order valence-electron chi connectivity index (χ2n) is 19.3. The number of aliphatic imine (C=N–C) groups is 1. The summed E-state index contributed by atoms with van der Waals surface area (Å²) in [6, 6.07) is 70.8. The Kier molecular flexibility index (Phi) is 24.6. The van der Waals surface area contributed by atoms with Crippen molar-refractivity contribution in [1.29, 1.82) is 0 Å². The molecule has 1 heterocycles. The van der Waals surface area contributed by atoms with Crippen LogP contribution in [0.25, 0.3) is 0 Å². The van der Waals surface area contributed by atoms with Crippen LogP contribution in [0.5, 0.6) is 0 Å². The van der Waals surface area contributed by atoms with Crippen LogP contribution in [0.4, 0.5) is 32.0 Å². The molecule has 0 aliphatic rings. The monoisotopic (exact) mass is 1170 g/mol. The molecule has 0 aliphatic carbocycles. The molecule has 9 aromatic rings. The van der Waals surface area contributed by atoms with Crippen LogP contribution in [0.3, 0.4) is 0 Å². The van der Waals surface area contributed by atoms with Gasteiger partial charge in [0.2, 0.25) is 12.6 Å². The van der Waals surface area contributed by atoms with Crippen LogP contribution in [-0.4, -0.2) is 56.1 Å². The molecule has 0 radical (unpaired) electrons. The van der Waals surface area contributed by atoms with Gasteiger partial charge in [-0.15, -0.1) is 0 Å². The van der Waals surface area contributed by atoms with E-state index < -0.39 is 41.4 Å². The van der Waals surface area contributed by atoms with E-state index in [1.807, 2.05) is 123 Å². The topological polar surface area (TPSA) is 100 Å². The largest absolute Gasteiger partial charge is 0.441 e. The normalized spacial score (nSPS) is 11.7. The maximum Gasteiger partial charge on any atom is 0.441 e.